The summed E-state index contributed by atoms with van der Waals surface area (Å²) >= 11 is 0. The molecular formula is C6H11N3O3. The Morgan fingerprint density at radius 3 is 2.50 bits per heavy atom. The Balaban J connectivity index is 2.59. The van der Waals surface area contributed by atoms with E-state index in [0.29, 0.717) is 26.3 Å². The van der Waals surface area contributed by atoms with Crippen LogP contribution in [0.4, 0.5) is 0 Å². The number of ether oxygens (including phenoxy) is 1. The van der Waals surface area contributed by atoms with Crippen molar-refractivity contribution >= 4 is 11.7 Å². The number of rotatable bonds is 0. The van der Waals surface area contributed by atoms with E-state index in [4.69, 9.17) is 15.7 Å². The van der Waals surface area contributed by atoms with E-state index in [1.54, 1.807) is 4.90 Å². The second kappa shape index (κ2) is 3.91. The molecule has 1 rings (SSSR count). The maximum Gasteiger partial charge on any atom is 0.287 e. The molecule has 1 saturated heterocycles. The van der Waals surface area contributed by atoms with Crippen molar-refractivity contribution in [3.8, 4) is 0 Å². The quantitative estimate of drug-likeness (QED) is 0.204. The normalized spacial score (nSPS) is 19.3. The van der Waals surface area contributed by atoms with Gasteiger partial charge in [0.25, 0.3) is 5.91 Å². The predicted molar refractivity (Wildman–Crippen MR) is 40.8 cm³/mol. The van der Waals surface area contributed by atoms with Crippen LogP contribution in [0, 0.1) is 0 Å². The standard InChI is InChI=1S/C6H11N3O3/c7-5(10)6(8-11)9-1-3-12-4-2-9/h11H,1-4H2,(H2,7,10)/b8-6-. The van der Waals surface area contributed by atoms with Gasteiger partial charge in [-0.1, -0.05) is 5.16 Å². The molecule has 12 heavy (non-hydrogen) atoms. The molecule has 0 bridgehead atoms. The fraction of sp³-hybridized carbons (Fsp3) is 0.667. The van der Waals surface area contributed by atoms with Crippen LogP contribution in [0.3, 0.4) is 0 Å². The summed E-state index contributed by atoms with van der Waals surface area (Å²) in [4.78, 5) is 12.3. The highest BCUT2D eigenvalue weighted by molar-refractivity contribution is 6.36. The number of nitrogens with two attached hydrogens (primary N) is 1. The van der Waals surface area contributed by atoms with E-state index in [-0.39, 0.29) is 5.84 Å². The van der Waals surface area contributed by atoms with Gasteiger partial charge in [-0.3, -0.25) is 4.79 Å². The number of carbonyl (C=O) groups excluding carboxylic acids is 1. The summed E-state index contributed by atoms with van der Waals surface area (Å²) in [5.74, 6) is -0.822. The van der Waals surface area contributed by atoms with Crippen molar-refractivity contribution in [2.45, 2.75) is 0 Å². The van der Waals surface area contributed by atoms with Crippen molar-refractivity contribution in [1.82, 2.24) is 4.90 Å². The molecule has 0 aromatic heterocycles. The van der Waals surface area contributed by atoms with Gasteiger partial charge < -0.3 is 20.6 Å². The number of hydrogen-bond acceptors (Lipinski definition) is 4. The zero-order valence-corrected chi connectivity index (χ0v) is 6.56. The number of amidine groups is 1. The Morgan fingerprint density at radius 1 is 1.50 bits per heavy atom. The van der Waals surface area contributed by atoms with Gasteiger partial charge in [-0.25, -0.2) is 0 Å². The van der Waals surface area contributed by atoms with Gasteiger partial charge in [0, 0.05) is 13.1 Å². The number of amides is 1. The molecule has 0 aromatic carbocycles. The van der Waals surface area contributed by atoms with Crippen LogP contribution in [0.1, 0.15) is 0 Å². The predicted octanol–water partition coefficient (Wildman–Crippen LogP) is -1.41. The van der Waals surface area contributed by atoms with Gasteiger partial charge in [0.15, 0.2) is 0 Å². The molecule has 6 nitrogen and oxygen atoms in total. The molecule has 0 unspecified atom stereocenters. The molecule has 3 N–H and O–H groups in total. The number of morpholine rings is 1. The maximum atomic E-state index is 10.7. The summed E-state index contributed by atoms with van der Waals surface area (Å²) in [6, 6.07) is 0. The van der Waals surface area contributed by atoms with Crippen LogP contribution in [-0.4, -0.2) is 48.2 Å². The highest BCUT2D eigenvalue weighted by atomic mass is 16.5. The lowest BCUT2D eigenvalue weighted by Gasteiger charge is -2.27. The summed E-state index contributed by atoms with van der Waals surface area (Å²) in [6.07, 6.45) is 0. The molecule has 0 spiro atoms. The Bertz CT molecular complexity index is 198. The molecule has 0 radical (unpaired) electrons. The van der Waals surface area contributed by atoms with Crippen molar-refractivity contribution in [3.05, 3.63) is 0 Å². The van der Waals surface area contributed by atoms with Crippen LogP contribution < -0.4 is 5.73 Å². The maximum absolute atomic E-state index is 10.7. The molecule has 0 saturated carbocycles. The molecular weight excluding hydrogens is 162 g/mol. The van der Waals surface area contributed by atoms with Gasteiger partial charge in [-0.05, 0) is 0 Å². The van der Waals surface area contributed by atoms with Gasteiger partial charge in [0.1, 0.15) is 0 Å². The number of hydrogen-bond donors (Lipinski definition) is 2. The Labute approximate surface area is 69.6 Å². The van der Waals surface area contributed by atoms with E-state index in [1.807, 2.05) is 0 Å². The van der Waals surface area contributed by atoms with E-state index in [9.17, 15) is 4.79 Å². The zero-order valence-electron chi connectivity index (χ0n) is 6.56. The van der Waals surface area contributed by atoms with Gasteiger partial charge in [-0.15, -0.1) is 0 Å². The van der Waals surface area contributed by atoms with E-state index < -0.39 is 5.91 Å². The van der Waals surface area contributed by atoms with E-state index in [0.717, 1.165) is 0 Å². The molecule has 1 fully saturated rings. The molecule has 1 amide bonds. The number of primary amides is 1. The average molecular weight is 173 g/mol. The molecule has 1 aliphatic heterocycles. The lowest BCUT2D eigenvalue weighted by atomic mass is 10.4. The first-order valence-corrected chi connectivity index (χ1v) is 3.60. The van der Waals surface area contributed by atoms with E-state index in [1.165, 1.54) is 0 Å². The van der Waals surface area contributed by atoms with Crippen molar-refractivity contribution in [1.29, 1.82) is 0 Å². The summed E-state index contributed by atoms with van der Waals surface area (Å²) in [5.41, 5.74) is 4.97. The Kier molecular flexibility index (Phi) is 2.87. The van der Waals surface area contributed by atoms with Crippen molar-refractivity contribution in [2.75, 3.05) is 26.3 Å². The smallest absolute Gasteiger partial charge is 0.287 e. The average Bonchev–Trinajstić information content (AvgIpc) is 2.07. The first-order chi connectivity index (χ1) is 5.75. The van der Waals surface area contributed by atoms with Gasteiger partial charge in [-0.2, -0.15) is 0 Å². The molecule has 0 aromatic rings. The molecule has 1 aliphatic rings. The lowest BCUT2D eigenvalue weighted by molar-refractivity contribution is -0.113. The minimum Gasteiger partial charge on any atom is -0.409 e. The molecule has 68 valence electrons. The van der Waals surface area contributed by atoms with Crippen molar-refractivity contribution in [2.24, 2.45) is 10.9 Å². The topological polar surface area (TPSA) is 88.2 Å². The Hall–Kier alpha value is -1.30. The molecule has 1 heterocycles. The second-order valence-corrected chi connectivity index (χ2v) is 2.39. The van der Waals surface area contributed by atoms with Crippen molar-refractivity contribution < 1.29 is 14.7 Å². The minimum absolute atomic E-state index is 0.0988. The van der Waals surface area contributed by atoms with Crippen LogP contribution >= 0.6 is 0 Å². The fourth-order valence-electron chi connectivity index (χ4n) is 1.04. The number of nitrogens with zero attached hydrogens (tertiary/aromatic N) is 2. The van der Waals surface area contributed by atoms with Gasteiger partial charge >= 0.3 is 0 Å². The van der Waals surface area contributed by atoms with Crippen molar-refractivity contribution in [3.63, 3.8) is 0 Å². The summed E-state index contributed by atoms with van der Waals surface area (Å²) in [7, 11) is 0. The third-order valence-electron chi connectivity index (χ3n) is 1.63. The highest BCUT2D eigenvalue weighted by Gasteiger charge is 2.19. The van der Waals surface area contributed by atoms with E-state index in [2.05, 4.69) is 5.16 Å². The van der Waals surface area contributed by atoms with Crippen LogP contribution in [0.2, 0.25) is 0 Å². The minimum atomic E-state index is -0.723. The molecule has 0 aliphatic carbocycles. The van der Waals surface area contributed by atoms with Gasteiger partial charge in [0.2, 0.25) is 5.84 Å². The van der Waals surface area contributed by atoms with Crippen LogP contribution in [-0.2, 0) is 9.53 Å². The monoisotopic (exact) mass is 173 g/mol. The van der Waals surface area contributed by atoms with E-state index >= 15 is 0 Å². The van der Waals surface area contributed by atoms with Gasteiger partial charge in [0.05, 0.1) is 13.2 Å². The summed E-state index contributed by atoms with van der Waals surface area (Å²) < 4.78 is 5.04. The lowest BCUT2D eigenvalue weighted by Crippen LogP contribution is -2.46. The molecule has 0 atom stereocenters. The first-order valence-electron chi connectivity index (χ1n) is 3.60. The SMILES string of the molecule is NC(=O)/C(=N/O)N1CCOCC1. The Morgan fingerprint density at radius 2 is 2.08 bits per heavy atom. The first kappa shape index (κ1) is 8.79. The second-order valence-electron chi connectivity index (χ2n) is 2.39. The highest BCUT2D eigenvalue weighted by Crippen LogP contribution is 1.97. The number of carbonyl (C=O) groups is 1. The molecule has 6 heteroatoms. The largest absolute Gasteiger partial charge is 0.409 e. The summed E-state index contributed by atoms with van der Waals surface area (Å²) in [6.45, 7) is 2.10. The summed E-state index contributed by atoms with van der Waals surface area (Å²) in [5, 5.41) is 11.3. The number of oxime groups is 1. The van der Waals surface area contributed by atoms with Crippen LogP contribution in [0.15, 0.2) is 5.16 Å². The van der Waals surface area contributed by atoms with Crippen LogP contribution in [0.5, 0.6) is 0 Å². The third-order valence-corrected chi connectivity index (χ3v) is 1.63. The third kappa shape index (κ3) is 1.85. The zero-order chi connectivity index (χ0) is 8.97. The fourth-order valence-corrected chi connectivity index (χ4v) is 1.04. The van der Waals surface area contributed by atoms with Crippen LogP contribution in [0.25, 0.3) is 0 Å².